The number of hydrogen-bond donors (Lipinski definition) is 2. The second kappa shape index (κ2) is 8.05. The van der Waals surface area contributed by atoms with E-state index in [0.29, 0.717) is 5.56 Å². The molecule has 0 aliphatic carbocycles. The Bertz CT molecular complexity index is 944. The molecule has 0 saturated carbocycles. The van der Waals surface area contributed by atoms with Crippen LogP contribution in [0, 0.1) is 0 Å². The van der Waals surface area contributed by atoms with Gasteiger partial charge in [0, 0.05) is 11.6 Å². The van der Waals surface area contributed by atoms with Gasteiger partial charge in [-0.15, -0.1) is 0 Å². The molecule has 0 aliphatic heterocycles. The Morgan fingerprint density at radius 1 is 1.18 bits per heavy atom. The van der Waals surface area contributed by atoms with Crippen LogP contribution in [-0.4, -0.2) is 36.3 Å². The van der Waals surface area contributed by atoms with E-state index in [1.165, 1.54) is 41.8 Å². The lowest BCUT2D eigenvalue weighted by Crippen LogP contribution is -2.18. The van der Waals surface area contributed by atoms with E-state index in [0.717, 1.165) is 6.07 Å². The van der Waals surface area contributed by atoms with Crippen molar-refractivity contribution in [2.45, 2.75) is 18.8 Å². The summed E-state index contributed by atoms with van der Waals surface area (Å²) in [5, 5.41) is 25.3. The summed E-state index contributed by atoms with van der Waals surface area (Å²) in [5.41, 5.74) is -1.07. The first-order valence-corrected chi connectivity index (χ1v) is 7.91. The Kier molecular flexibility index (Phi) is 5.54. The second-order valence-electron chi connectivity index (χ2n) is 5.63. The third kappa shape index (κ3) is 4.62. The molecule has 1 atom stereocenters. The highest BCUT2D eigenvalue weighted by Crippen LogP contribution is 2.35. The summed E-state index contributed by atoms with van der Waals surface area (Å²) in [6, 6.07) is 8.42. The van der Waals surface area contributed by atoms with Gasteiger partial charge >= 0.3 is 6.18 Å². The van der Waals surface area contributed by atoms with E-state index in [1.54, 1.807) is 12.1 Å². The van der Waals surface area contributed by atoms with Gasteiger partial charge in [0.2, 0.25) is 5.88 Å². The molecule has 11 heteroatoms. The van der Waals surface area contributed by atoms with Crippen LogP contribution in [0.5, 0.6) is 11.6 Å². The van der Waals surface area contributed by atoms with Crippen molar-refractivity contribution < 1.29 is 28.2 Å². The zero-order chi connectivity index (χ0) is 20.1. The highest BCUT2D eigenvalue weighted by atomic mass is 19.4. The van der Waals surface area contributed by atoms with E-state index < -0.39 is 23.5 Å². The van der Waals surface area contributed by atoms with E-state index in [-0.39, 0.29) is 18.2 Å². The van der Waals surface area contributed by atoms with E-state index in [9.17, 15) is 18.3 Å². The molecule has 146 valence electrons. The van der Waals surface area contributed by atoms with Crippen LogP contribution in [0.1, 0.15) is 22.9 Å². The topological polar surface area (TPSA) is 106 Å². The smallest absolute Gasteiger partial charge is 0.433 e. The predicted molar refractivity (Wildman–Crippen MR) is 90.1 cm³/mol. The van der Waals surface area contributed by atoms with E-state index >= 15 is 0 Å². The van der Waals surface area contributed by atoms with Crippen LogP contribution >= 0.6 is 0 Å². The second-order valence-corrected chi connectivity index (χ2v) is 5.63. The number of halogens is 3. The number of rotatable bonds is 6. The fourth-order valence-corrected chi connectivity index (χ4v) is 2.42. The van der Waals surface area contributed by atoms with Crippen LogP contribution < -0.4 is 4.74 Å². The molecule has 0 fully saturated rings. The van der Waals surface area contributed by atoms with Crippen LogP contribution in [0.25, 0.3) is 0 Å². The van der Waals surface area contributed by atoms with Gasteiger partial charge in [0.1, 0.15) is 24.5 Å². The maximum Gasteiger partial charge on any atom is 0.433 e. The number of aliphatic hydroxyl groups is 1. The molecule has 1 unspecified atom stereocenters. The summed E-state index contributed by atoms with van der Waals surface area (Å²) in [6.07, 6.45) is -2.59. The minimum absolute atomic E-state index is 0.209. The molecule has 3 aromatic rings. The van der Waals surface area contributed by atoms with Gasteiger partial charge < -0.3 is 15.1 Å². The third-order valence-corrected chi connectivity index (χ3v) is 3.66. The van der Waals surface area contributed by atoms with Crippen LogP contribution in [-0.2, 0) is 12.7 Å². The van der Waals surface area contributed by atoms with Crippen molar-refractivity contribution in [3.05, 3.63) is 65.9 Å². The van der Waals surface area contributed by atoms with Crippen molar-refractivity contribution in [3.63, 3.8) is 0 Å². The molecule has 0 saturated heterocycles. The monoisotopic (exact) mass is 393 g/mol. The van der Waals surface area contributed by atoms with Gasteiger partial charge in [0.05, 0.1) is 12.8 Å². The molecule has 1 aromatic carbocycles. The first-order chi connectivity index (χ1) is 13.4. The maximum absolute atomic E-state index is 13.4. The summed E-state index contributed by atoms with van der Waals surface area (Å²) in [6.45, 7) is -0.209. The molecule has 0 bridgehead atoms. The molecule has 3 rings (SSSR count). The zero-order valence-corrected chi connectivity index (χ0v) is 14.2. The van der Waals surface area contributed by atoms with Gasteiger partial charge in [-0.3, -0.25) is 4.68 Å². The number of benzene rings is 1. The molecule has 2 aromatic heterocycles. The fourth-order valence-electron chi connectivity index (χ4n) is 2.42. The van der Waals surface area contributed by atoms with Crippen LogP contribution in [0.3, 0.4) is 0 Å². The number of aromatic nitrogens is 4. The maximum atomic E-state index is 13.4. The van der Waals surface area contributed by atoms with Gasteiger partial charge in [-0.25, -0.2) is 9.97 Å². The molecule has 0 radical (unpaired) electrons. The van der Waals surface area contributed by atoms with Crippen molar-refractivity contribution >= 4 is 6.21 Å². The predicted octanol–water partition coefficient (Wildman–Crippen LogP) is 3.03. The van der Waals surface area contributed by atoms with Gasteiger partial charge in [0.15, 0.2) is 5.69 Å². The van der Waals surface area contributed by atoms with Gasteiger partial charge in [0.25, 0.3) is 0 Å². The minimum Gasteiger partial charge on any atom is -0.439 e. The first-order valence-electron chi connectivity index (χ1n) is 7.91. The molecular formula is C17H14F3N5O3. The Labute approximate surface area is 156 Å². The van der Waals surface area contributed by atoms with Gasteiger partial charge in [-0.1, -0.05) is 5.16 Å². The largest absolute Gasteiger partial charge is 0.439 e. The summed E-state index contributed by atoms with van der Waals surface area (Å²) < 4.78 is 46.9. The summed E-state index contributed by atoms with van der Waals surface area (Å²) in [5.74, 6) is -0.0424. The lowest BCUT2D eigenvalue weighted by molar-refractivity contribution is -0.143. The standard InChI is InChI=1S/C17H14F3N5O3/c18-17(19,20)16-13(14(26)8-25-10-21-9-22-25)5-6-15(24-16)28-12-3-1-11(2-4-12)7-23-27/h1-7,9-10,14,26-27H,8H2/b23-7+. The SMILES string of the molecule is O/N=C/c1ccc(Oc2ccc(C(O)Cn3cncn3)c(C(F)(F)F)n2)cc1. The Morgan fingerprint density at radius 3 is 2.54 bits per heavy atom. The van der Waals surface area contributed by atoms with Gasteiger partial charge in [-0.2, -0.15) is 18.3 Å². The summed E-state index contributed by atoms with van der Waals surface area (Å²) in [7, 11) is 0. The van der Waals surface area contributed by atoms with E-state index in [1.807, 2.05) is 0 Å². The van der Waals surface area contributed by atoms with Crippen molar-refractivity contribution in [1.82, 2.24) is 19.7 Å². The molecule has 0 spiro atoms. The number of alkyl halides is 3. The Balaban J connectivity index is 1.85. The zero-order valence-electron chi connectivity index (χ0n) is 14.2. The Morgan fingerprint density at radius 2 is 1.93 bits per heavy atom. The number of nitrogens with zero attached hydrogens (tertiary/aromatic N) is 5. The quantitative estimate of drug-likeness (QED) is 0.379. The van der Waals surface area contributed by atoms with Crippen molar-refractivity contribution in [2.24, 2.45) is 5.16 Å². The van der Waals surface area contributed by atoms with Crippen molar-refractivity contribution in [3.8, 4) is 11.6 Å². The van der Waals surface area contributed by atoms with Crippen molar-refractivity contribution in [1.29, 1.82) is 0 Å². The first kappa shape index (κ1) is 19.3. The molecule has 0 aliphatic rings. The number of pyridine rings is 1. The molecule has 2 N–H and O–H groups in total. The lowest BCUT2D eigenvalue weighted by Gasteiger charge is -2.17. The highest BCUT2D eigenvalue weighted by molar-refractivity contribution is 5.79. The number of hydrogen-bond acceptors (Lipinski definition) is 7. The Hall–Kier alpha value is -3.47. The van der Waals surface area contributed by atoms with Crippen LogP contribution in [0.4, 0.5) is 13.2 Å². The number of ether oxygens (including phenoxy) is 1. The highest BCUT2D eigenvalue weighted by Gasteiger charge is 2.37. The molecule has 2 heterocycles. The van der Waals surface area contributed by atoms with Crippen LogP contribution in [0.2, 0.25) is 0 Å². The van der Waals surface area contributed by atoms with Crippen molar-refractivity contribution in [2.75, 3.05) is 0 Å². The average molecular weight is 393 g/mol. The summed E-state index contributed by atoms with van der Waals surface area (Å²) in [4.78, 5) is 7.21. The lowest BCUT2D eigenvalue weighted by atomic mass is 10.1. The average Bonchev–Trinajstić information content (AvgIpc) is 3.16. The molecular weight excluding hydrogens is 379 g/mol. The van der Waals surface area contributed by atoms with E-state index in [4.69, 9.17) is 9.94 Å². The van der Waals surface area contributed by atoms with Gasteiger partial charge in [-0.05, 0) is 35.9 Å². The number of oxime groups is 1. The molecule has 28 heavy (non-hydrogen) atoms. The molecule has 8 nitrogen and oxygen atoms in total. The third-order valence-electron chi connectivity index (χ3n) is 3.66. The normalized spacial score (nSPS) is 13.0. The minimum atomic E-state index is -4.79. The van der Waals surface area contributed by atoms with Crippen LogP contribution in [0.15, 0.2) is 54.2 Å². The molecule has 0 amide bonds. The number of aliphatic hydroxyl groups excluding tert-OH is 1. The summed E-state index contributed by atoms with van der Waals surface area (Å²) >= 11 is 0. The fraction of sp³-hybridized carbons (Fsp3) is 0.176. The van der Waals surface area contributed by atoms with E-state index in [2.05, 4.69) is 20.2 Å².